The number of amides is 1. The van der Waals surface area contributed by atoms with E-state index in [1.807, 2.05) is 59.4 Å². The zero-order valence-electron chi connectivity index (χ0n) is 12.3. The van der Waals surface area contributed by atoms with E-state index in [1.165, 1.54) is 0 Å². The van der Waals surface area contributed by atoms with Crippen molar-refractivity contribution in [3.8, 4) is 5.69 Å². The maximum Gasteiger partial charge on any atom is 0.276 e. The molecule has 2 aromatic carbocycles. The molecule has 3 aromatic rings. The highest BCUT2D eigenvalue weighted by Crippen LogP contribution is 2.31. The van der Waals surface area contributed by atoms with Crippen molar-refractivity contribution in [2.75, 3.05) is 5.32 Å². The molecule has 24 heavy (non-hydrogen) atoms. The number of carbonyl (C=O) groups excluding carboxylic acids is 1. The topological polar surface area (TPSA) is 66.3 Å². The van der Waals surface area contributed by atoms with Crippen molar-refractivity contribution in [2.24, 2.45) is 0 Å². The Hall–Kier alpha value is -1.84. The first kappa shape index (κ1) is 17.0. The summed E-state index contributed by atoms with van der Waals surface area (Å²) in [5, 5.41) is 12.2. The summed E-state index contributed by atoms with van der Waals surface area (Å²) < 4.78 is 3.80. The van der Waals surface area contributed by atoms with Crippen LogP contribution in [0.25, 0.3) is 5.69 Å². The lowest BCUT2D eigenvalue weighted by Crippen LogP contribution is -2.20. The normalized spacial score (nSPS) is 10.5. The molecule has 7 heteroatoms. The van der Waals surface area contributed by atoms with Gasteiger partial charge in [0, 0.05) is 26.1 Å². The van der Waals surface area contributed by atoms with Crippen LogP contribution >= 0.6 is 38.5 Å². The van der Waals surface area contributed by atoms with Crippen LogP contribution in [0.4, 0.5) is 11.4 Å². The number of rotatable bonds is 4. The molecule has 122 valence electrons. The van der Waals surface area contributed by atoms with Crippen molar-refractivity contribution in [1.29, 1.82) is 0 Å². The third kappa shape index (κ3) is 3.63. The first-order chi connectivity index (χ1) is 11.6. The number of halogens is 2. The van der Waals surface area contributed by atoms with E-state index in [1.54, 1.807) is 11.5 Å². The molecule has 0 aliphatic carbocycles. The van der Waals surface area contributed by atoms with Crippen molar-refractivity contribution < 1.29 is 10.0 Å². The maximum atomic E-state index is 12.0. The number of hydrogen-bond acceptors (Lipinski definition) is 3. The van der Waals surface area contributed by atoms with E-state index in [9.17, 15) is 4.79 Å². The summed E-state index contributed by atoms with van der Waals surface area (Å²) in [4.78, 5) is 12.0. The molecule has 0 aliphatic heterocycles. The van der Waals surface area contributed by atoms with Gasteiger partial charge in [0.2, 0.25) is 0 Å². The average Bonchev–Trinajstić information content (AvgIpc) is 3.11. The second-order valence-electron chi connectivity index (χ2n) is 5.01. The first-order valence-electron chi connectivity index (χ1n) is 7.02. The Morgan fingerprint density at radius 2 is 1.79 bits per heavy atom. The number of hydroxylamine groups is 1. The fraction of sp³-hybridized carbons (Fsp3) is 0. The van der Waals surface area contributed by atoms with Gasteiger partial charge in [-0.3, -0.25) is 10.0 Å². The summed E-state index contributed by atoms with van der Waals surface area (Å²) in [6.45, 7) is 0. The van der Waals surface area contributed by atoms with Crippen molar-refractivity contribution >= 4 is 55.8 Å². The van der Waals surface area contributed by atoms with E-state index in [0.29, 0.717) is 11.3 Å². The van der Waals surface area contributed by atoms with Gasteiger partial charge in [0.25, 0.3) is 5.91 Å². The minimum Gasteiger partial charge on any atom is -0.355 e. The molecule has 0 radical (unpaired) electrons. The Labute approximate surface area is 160 Å². The van der Waals surface area contributed by atoms with Gasteiger partial charge in [-0.05, 0) is 87.1 Å². The Kier molecular flexibility index (Phi) is 5.22. The second kappa shape index (κ2) is 7.37. The molecule has 0 bridgehead atoms. The average molecular weight is 498 g/mol. The Morgan fingerprint density at radius 1 is 1.12 bits per heavy atom. The summed E-state index contributed by atoms with van der Waals surface area (Å²) >= 11 is 5.72. The van der Waals surface area contributed by atoms with Gasteiger partial charge in [-0.2, -0.15) is 0 Å². The molecule has 0 saturated heterocycles. The summed E-state index contributed by atoms with van der Waals surface area (Å²) in [6, 6.07) is 15.2. The molecule has 1 aromatic heterocycles. The van der Waals surface area contributed by atoms with Gasteiger partial charge in [0.05, 0.1) is 16.9 Å². The Morgan fingerprint density at radius 3 is 2.42 bits per heavy atom. The number of nitrogens with zero attached hydrogens (tertiary/aromatic N) is 1. The van der Waals surface area contributed by atoms with Crippen LogP contribution in [0, 0.1) is 3.57 Å². The van der Waals surface area contributed by atoms with Crippen LogP contribution in [0.15, 0.2) is 65.4 Å². The van der Waals surface area contributed by atoms with E-state index >= 15 is 0 Å². The number of nitrogens with one attached hydrogen (secondary N) is 2. The SMILES string of the molecule is O=C(NO)c1cc(Br)c(-n2cccc2)cc1Nc1ccc(I)cc1. The van der Waals surface area contributed by atoms with Crippen LogP contribution in [-0.4, -0.2) is 15.7 Å². The van der Waals surface area contributed by atoms with Crippen molar-refractivity contribution in [3.63, 3.8) is 0 Å². The molecule has 3 rings (SSSR count). The van der Waals surface area contributed by atoms with Crippen LogP contribution in [0.2, 0.25) is 0 Å². The van der Waals surface area contributed by atoms with Crippen LogP contribution in [0.5, 0.6) is 0 Å². The second-order valence-corrected chi connectivity index (χ2v) is 7.11. The third-order valence-corrected chi connectivity index (χ3v) is 4.79. The Bertz CT molecular complexity index is 864. The van der Waals surface area contributed by atoms with Gasteiger partial charge in [-0.15, -0.1) is 0 Å². The standard InChI is InChI=1S/C17H13BrIN3O2/c18-14-9-13(17(23)21-24)15(10-16(14)22-7-1-2-8-22)20-12-5-3-11(19)4-6-12/h1-10,20,24H,(H,21,23). The fourth-order valence-electron chi connectivity index (χ4n) is 2.30. The molecule has 1 amide bonds. The largest absolute Gasteiger partial charge is 0.355 e. The predicted octanol–water partition coefficient (Wildman–Crippen LogP) is 4.71. The molecule has 0 fully saturated rings. The Balaban J connectivity index is 2.08. The molecular formula is C17H13BrIN3O2. The lowest BCUT2D eigenvalue weighted by atomic mass is 10.1. The molecule has 0 saturated carbocycles. The quantitative estimate of drug-likeness (QED) is 0.278. The molecular weight excluding hydrogens is 485 g/mol. The highest BCUT2D eigenvalue weighted by atomic mass is 127. The van der Waals surface area contributed by atoms with Crippen LogP contribution in [-0.2, 0) is 0 Å². The van der Waals surface area contributed by atoms with Gasteiger partial charge in [-0.25, -0.2) is 5.48 Å². The van der Waals surface area contributed by atoms with Gasteiger partial charge < -0.3 is 9.88 Å². The zero-order valence-corrected chi connectivity index (χ0v) is 16.1. The molecule has 0 spiro atoms. The number of benzene rings is 2. The zero-order chi connectivity index (χ0) is 17.1. The molecule has 3 N–H and O–H groups in total. The highest BCUT2D eigenvalue weighted by molar-refractivity contribution is 14.1. The maximum absolute atomic E-state index is 12.0. The minimum absolute atomic E-state index is 0.332. The monoisotopic (exact) mass is 497 g/mol. The fourth-order valence-corrected chi connectivity index (χ4v) is 3.20. The summed E-state index contributed by atoms with van der Waals surface area (Å²) in [7, 11) is 0. The number of carbonyl (C=O) groups is 1. The lowest BCUT2D eigenvalue weighted by molar-refractivity contribution is 0.0707. The van der Waals surface area contributed by atoms with E-state index in [0.717, 1.165) is 19.4 Å². The summed E-state index contributed by atoms with van der Waals surface area (Å²) in [5.74, 6) is -0.581. The van der Waals surface area contributed by atoms with E-state index in [4.69, 9.17) is 5.21 Å². The van der Waals surface area contributed by atoms with Crippen LogP contribution in [0.1, 0.15) is 10.4 Å². The third-order valence-electron chi connectivity index (χ3n) is 3.44. The summed E-state index contributed by atoms with van der Waals surface area (Å²) in [6.07, 6.45) is 3.83. The van der Waals surface area contributed by atoms with Gasteiger partial charge in [-0.1, -0.05) is 0 Å². The smallest absolute Gasteiger partial charge is 0.276 e. The number of hydrogen-bond donors (Lipinski definition) is 3. The van der Waals surface area contributed by atoms with Crippen LogP contribution < -0.4 is 10.8 Å². The van der Waals surface area contributed by atoms with Gasteiger partial charge in [0.1, 0.15) is 0 Å². The van der Waals surface area contributed by atoms with Crippen molar-refractivity contribution in [2.45, 2.75) is 0 Å². The lowest BCUT2D eigenvalue weighted by Gasteiger charge is -2.15. The number of anilines is 2. The highest BCUT2D eigenvalue weighted by Gasteiger charge is 2.15. The van der Waals surface area contributed by atoms with Gasteiger partial charge >= 0.3 is 0 Å². The number of aromatic nitrogens is 1. The molecule has 1 heterocycles. The van der Waals surface area contributed by atoms with E-state index in [-0.39, 0.29) is 0 Å². The van der Waals surface area contributed by atoms with Crippen molar-refractivity contribution in [3.05, 3.63) is 74.5 Å². The molecule has 0 aliphatic rings. The van der Waals surface area contributed by atoms with Gasteiger partial charge in [0.15, 0.2) is 0 Å². The van der Waals surface area contributed by atoms with E-state index < -0.39 is 5.91 Å². The first-order valence-corrected chi connectivity index (χ1v) is 8.89. The molecule has 0 unspecified atom stereocenters. The summed E-state index contributed by atoms with van der Waals surface area (Å²) in [5.41, 5.74) is 4.34. The van der Waals surface area contributed by atoms with Crippen molar-refractivity contribution in [1.82, 2.24) is 10.0 Å². The van der Waals surface area contributed by atoms with E-state index in [2.05, 4.69) is 43.8 Å². The minimum atomic E-state index is -0.581. The predicted molar refractivity (Wildman–Crippen MR) is 105 cm³/mol. The van der Waals surface area contributed by atoms with Crippen LogP contribution in [0.3, 0.4) is 0 Å². The molecule has 5 nitrogen and oxygen atoms in total. The molecule has 0 atom stereocenters.